The summed E-state index contributed by atoms with van der Waals surface area (Å²) in [7, 11) is 2.01. The van der Waals surface area contributed by atoms with Crippen molar-refractivity contribution in [2.24, 2.45) is 11.7 Å². The summed E-state index contributed by atoms with van der Waals surface area (Å²) in [6.45, 7) is 0.672. The maximum Gasteiger partial charge on any atom is 0.202 e. The average Bonchev–Trinajstić information content (AvgIpc) is 3.29. The molecule has 2 atom stereocenters. The molecule has 2 heterocycles. The number of benzene rings is 1. The molecule has 0 bridgehead atoms. The normalized spacial score (nSPS) is 20.0. The van der Waals surface area contributed by atoms with Crippen molar-refractivity contribution >= 4 is 28.6 Å². The van der Waals surface area contributed by atoms with E-state index in [9.17, 15) is 4.39 Å². The van der Waals surface area contributed by atoms with Crippen molar-refractivity contribution in [2.75, 3.05) is 18.5 Å². The molecule has 0 unspecified atom stereocenters. The van der Waals surface area contributed by atoms with E-state index in [1.54, 1.807) is 18.3 Å². The number of nitrogens with one attached hydrogen (secondary N) is 1. The Hall–Kier alpha value is -2.25. The fraction of sp³-hybridized carbons (Fsp3) is 0.389. The summed E-state index contributed by atoms with van der Waals surface area (Å²) in [5.74, 6) is 0.708. The first-order chi connectivity index (χ1) is 12.6. The second-order valence-corrected chi connectivity index (χ2v) is 7.11. The van der Waals surface area contributed by atoms with Crippen LogP contribution in [0.15, 0.2) is 24.4 Å². The lowest BCUT2D eigenvalue weighted by atomic mass is 10.0. The maximum atomic E-state index is 14.3. The summed E-state index contributed by atoms with van der Waals surface area (Å²) in [6, 6.07) is 5.19. The number of aromatic nitrogens is 4. The molecular weight excluding hydrogens is 355 g/mol. The Kier molecular flexibility index (Phi) is 4.50. The Morgan fingerprint density at radius 2 is 2.23 bits per heavy atom. The molecule has 1 aliphatic rings. The fourth-order valence-corrected chi connectivity index (χ4v) is 3.99. The van der Waals surface area contributed by atoms with Gasteiger partial charge in [0.15, 0.2) is 5.82 Å². The Balaban J connectivity index is 1.71. The largest absolute Gasteiger partial charge is 0.355 e. The highest BCUT2D eigenvalue weighted by molar-refractivity contribution is 6.31. The second-order valence-electron chi connectivity index (χ2n) is 6.71. The smallest absolute Gasteiger partial charge is 0.202 e. The Bertz CT molecular complexity index is 943. The molecule has 6 nitrogen and oxygen atoms in total. The molecule has 1 aliphatic carbocycles. The second kappa shape index (κ2) is 6.81. The van der Waals surface area contributed by atoms with Crippen molar-refractivity contribution in [3.63, 3.8) is 0 Å². The van der Waals surface area contributed by atoms with Crippen molar-refractivity contribution < 1.29 is 4.39 Å². The van der Waals surface area contributed by atoms with Gasteiger partial charge in [-0.05, 0) is 37.4 Å². The first-order valence-electron chi connectivity index (χ1n) is 8.68. The number of rotatable bonds is 4. The van der Waals surface area contributed by atoms with E-state index in [0.29, 0.717) is 40.9 Å². The van der Waals surface area contributed by atoms with Gasteiger partial charge in [0.05, 0.1) is 16.9 Å². The minimum absolute atomic E-state index is 0.0589. The first-order valence-corrected chi connectivity index (χ1v) is 9.06. The monoisotopic (exact) mass is 374 g/mol. The molecule has 4 rings (SSSR count). The molecule has 1 aromatic carbocycles. The van der Waals surface area contributed by atoms with E-state index in [1.165, 1.54) is 12.5 Å². The molecule has 0 radical (unpaired) electrons. The SMILES string of the molecule is CN(c1cnc2c(-c3cccc(Cl)c3F)[nH]nc2n1)[C@@H]1CCC[C@H]1CN. The highest BCUT2D eigenvalue weighted by Gasteiger charge is 2.30. The molecule has 0 spiro atoms. The molecule has 0 saturated heterocycles. The summed E-state index contributed by atoms with van der Waals surface area (Å²) >= 11 is 5.89. The highest BCUT2D eigenvalue weighted by Crippen LogP contribution is 2.33. The molecule has 8 heteroatoms. The van der Waals surface area contributed by atoms with Crippen LogP contribution in [-0.2, 0) is 0 Å². The van der Waals surface area contributed by atoms with Crippen molar-refractivity contribution in [1.29, 1.82) is 0 Å². The van der Waals surface area contributed by atoms with Gasteiger partial charge in [0, 0.05) is 18.7 Å². The van der Waals surface area contributed by atoms with Gasteiger partial charge in [-0.25, -0.2) is 14.4 Å². The Morgan fingerprint density at radius 3 is 3.04 bits per heavy atom. The maximum absolute atomic E-state index is 14.3. The van der Waals surface area contributed by atoms with Crippen LogP contribution in [0.2, 0.25) is 5.02 Å². The average molecular weight is 375 g/mol. The van der Waals surface area contributed by atoms with E-state index < -0.39 is 5.82 Å². The van der Waals surface area contributed by atoms with Crippen LogP contribution in [0.3, 0.4) is 0 Å². The van der Waals surface area contributed by atoms with Crippen LogP contribution in [0.5, 0.6) is 0 Å². The van der Waals surface area contributed by atoms with Crippen LogP contribution >= 0.6 is 11.6 Å². The number of aromatic amines is 1. The Morgan fingerprint density at radius 1 is 1.38 bits per heavy atom. The number of hydrogen-bond donors (Lipinski definition) is 2. The summed E-state index contributed by atoms with van der Waals surface area (Å²) in [4.78, 5) is 11.2. The van der Waals surface area contributed by atoms with E-state index in [-0.39, 0.29) is 5.02 Å². The van der Waals surface area contributed by atoms with Crippen molar-refractivity contribution in [3.8, 4) is 11.3 Å². The lowest BCUT2D eigenvalue weighted by Crippen LogP contribution is -2.38. The number of halogens is 2. The summed E-state index contributed by atoms with van der Waals surface area (Å²) in [5.41, 5.74) is 7.67. The van der Waals surface area contributed by atoms with Crippen molar-refractivity contribution in [1.82, 2.24) is 20.2 Å². The lowest BCUT2D eigenvalue weighted by Gasteiger charge is -2.29. The van der Waals surface area contributed by atoms with Gasteiger partial charge in [0.2, 0.25) is 5.65 Å². The van der Waals surface area contributed by atoms with Gasteiger partial charge in [-0.3, -0.25) is 5.10 Å². The molecule has 26 heavy (non-hydrogen) atoms. The summed E-state index contributed by atoms with van der Waals surface area (Å²) in [6.07, 6.45) is 5.11. The number of H-pyrrole nitrogens is 1. The molecule has 1 saturated carbocycles. The molecular formula is C18H20ClFN6. The molecule has 1 fully saturated rings. The van der Waals surface area contributed by atoms with Gasteiger partial charge < -0.3 is 10.6 Å². The summed E-state index contributed by atoms with van der Waals surface area (Å²) < 4.78 is 14.3. The minimum atomic E-state index is -0.501. The quantitative estimate of drug-likeness (QED) is 0.731. The molecule has 0 aliphatic heterocycles. The van der Waals surface area contributed by atoms with E-state index in [0.717, 1.165) is 18.7 Å². The molecule has 3 aromatic rings. The molecule has 0 amide bonds. The third-order valence-corrected chi connectivity index (χ3v) is 5.55. The topological polar surface area (TPSA) is 83.7 Å². The van der Waals surface area contributed by atoms with Crippen molar-refractivity contribution in [2.45, 2.75) is 25.3 Å². The van der Waals surface area contributed by atoms with Gasteiger partial charge >= 0.3 is 0 Å². The number of nitrogens with zero attached hydrogens (tertiary/aromatic N) is 4. The minimum Gasteiger partial charge on any atom is -0.355 e. The Labute approximate surface area is 155 Å². The van der Waals surface area contributed by atoms with E-state index in [4.69, 9.17) is 17.3 Å². The number of fused-ring (bicyclic) bond motifs is 1. The predicted octanol–water partition coefficient (Wildman–Crippen LogP) is 3.38. The zero-order chi connectivity index (χ0) is 18.3. The van der Waals surface area contributed by atoms with Crippen LogP contribution in [0.25, 0.3) is 22.4 Å². The van der Waals surface area contributed by atoms with E-state index in [2.05, 4.69) is 25.1 Å². The van der Waals surface area contributed by atoms with Gasteiger partial charge in [-0.15, -0.1) is 0 Å². The zero-order valence-electron chi connectivity index (χ0n) is 14.4. The highest BCUT2D eigenvalue weighted by atomic mass is 35.5. The fourth-order valence-electron chi connectivity index (χ4n) is 3.81. The molecule has 2 aromatic heterocycles. The van der Waals surface area contributed by atoms with Crippen LogP contribution in [0.1, 0.15) is 19.3 Å². The predicted molar refractivity (Wildman–Crippen MR) is 101 cm³/mol. The van der Waals surface area contributed by atoms with E-state index in [1.807, 2.05) is 7.05 Å². The number of hydrogen-bond acceptors (Lipinski definition) is 5. The van der Waals surface area contributed by atoms with Crippen molar-refractivity contribution in [3.05, 3.63) is 35.2 Å². The van der Waals surface area contributed by atoms with Crippen LogP contribution < -0.4 is 10.6 Å². The zero-order valence-corrected chi connectivity index (χ0v) is 15.2. The lowest BCUT2D eigenvalue weighted by molar-refractivity contribution is 0.472. The first kappa shape index (κ1) is 17.2. The van der Waals surface area contributed by atoms with Gasteiger partial charge in [-0.1, -0.05) is 24.1 Å². The van der Waals surface area contributed by atoms with Crippen LogP contribution in [0, 0.1) is 11.7 Å². The van der Waals surface area contributed by atoms with Gasteiger partial charge in [0.25, 0.3) is 0 Å². The van der Waals surface area contributed by atoms with Crippen LogP contribution in [-0.4, -0.2) is 39.8 Å². The van der Waals surface area contributed by atoms with Gasteiger partial charge in [0.1, 0.15) is 11.3 Å². The van der Waals surface area contributed by atoms with Gasteiger partial charge in [-0.2, -0.15) is 5.10 Å². The number of anilines is 1. The third-order valence-electron chi connectivity index (χ3n) is 5.25. The molecule has 3 N–H and O–H groups in total. The third kappa shape index (κ3) is 2.81. The molecule has 136 valence electrons. The standard InChI is InChI=1S/C18H20ClFN6/c1-26(13-7-2-4-10(13)8-21)14-9-22-17-16(24-25-18(17)23-14)11-5-3-6-12(19)15(11)20/h3,5-6,9-10,13H,2,4,7-8,21H2,1H3,(H,23,24,25)/t10-,13+/m0/s1. The van der Waals surface area contributed by atoms with E-state index >= 15 is 0 Å². The summed E-state index contributed by atoms with van der Waals surface area (Å²) in [5, 5.41) is 7.12. The number of nitrogens with two attached hydrogens (primary N) is 1. The van der Waals surface area contributed by atoms with Crippen LogP contribution in [0.4, 0.5) is 10.2 Å².